The van der Waals surface area contributed by atoms with Gasteiger partial charge in [-0.05, 0) is 25.8 Å². The van der Waals surface area contributed by atoms with E-state index in [4.69, 9.17) is 4.74 Å². The highest BCUT2D eigenvalue weighted by Crippen LogP contribution is 2.23. The van der Waals surface area contributed by atoms with Crippen LogP contribution >= 0.6 is 0 Å². The van der Waals surface area contributed by atoms with Crippen molar-refractivity contribution in [2.45, 2.75) is 65.4 Å². The topological polar surface area (TPSA) is 21.3 Å². The van der Waals surface area contributed by atoms with E-state index in [-0.39, 0.29) is 5.41 Å². The molecule has 0 aromatic heterocycles. The fourth-order valence-corrected chi connectivity index (χ4v) is 2.23. The van der Waals surface area contributed by atoms with E-state index in [2.05, 4.69) is 26.1 Å². The van der Waals surface area contributed by atoms with E-state index in [0.29, 0.717) is 6.10 Å². The van der Waals surface area contributed by atoms with Crippen molar-refractivity contribution in [2.75, 3.05) is 19.7 Å². The van der Waals surface area contributed by atoms with Gasteiger partial charge in [-0.25, -0.2) is 0 Å². The minimum absolute atomic E-state index is 0.270. The Kier molecular flexibility index (Phi) is 6.37. The Hall–Kier alpha value is -0.0800. The average Bonchev–Trinajstić information content (AvgIpc) is 2.28. The minimum Gasteiger partial charge on any atom is -0.378 e. The Morgan fingerprint density at radius 1 is 1.19 bits per heavy atom. The van der Waals surface area contributed by atoms with E-state index >= 15 is 0 Å². The number of ether oxygens (including phenoxy) is 1. The summed E-state index contributed by atoms with van der Waals surface area (Å²) in [5.41, 5.74) is 0.270. The molecule has 0 spiro atoms. The predicted octanol–water partition coefficient (Wildman–Crippen LogP) is 3.36. The van der Waals surface area contributed by atoms with Gasteiger partial charge < -0.3 is 10.1 Å². The third kappa shape index (κ3) is 5.86. The summed E-state index contributed by atoms with van der Waals surface area (Å²) in [6.07, 6.45) is 8.43. The van der Waals surface area contributed by atoms with Gasteiger partial charge in [-0.1, -0.05) is 40.0 Å². The molecule has 96 valence electrons. The number of nitrogens with one attached hydrogen (secondary N) is 1. The molecule has 1 fully saturated rings. The standard InChI is InChI=1S/C14H29NO/c1-4-10-15-11-14(2,3)12-16-13-8-6-5-7-9-13/h13,15H,4-12H2,1-3H3. The third-order valence-corrected chi connectivity index (χ3v) is 3.29. The number of hydrogen-bond acceptors (Lipinski definition) is 2. The molecule has 2 heteroatoms. The van der Waals surface area contributed by atoms with Crippen molar-refractivity contribution >= 4 is 0 Å². The monoisotopic (exact) mass is 227 g/mol. The summed E-state index contributed by atoms with van der Waals surface area (Å²) < 4.78 is 6.04. The van der Waals surface area contributed by atoms with Gasteiger partial charge >= 0.3 is 0 Å². The molecule has 0 heterocycles. The first-order valence-corrected chi connectivity index (χ1v) is 6.96. The molecule has 0 radical (unpaired) electrons. The first-order chi connectivity index (χ1) is 7.64. The Labute approximate surface area is 101 Å². The van der Waals surface area contributed by atoms with Crippen LogP contribution in [0.25, 0.3) is 0 Å². The molecule has 0 atom stereocenters. The molecule has 1 aliphatic rings. The summed E-state index contributed by atoms with van der Waals surface area (Å²) >= 11 is 0. The molecule has 1 N–H and O–H groups in total. The van der Waals surface area contributed by atoms with Gasteiger partial charge in [-0.2, -0.15) is 0 Å². The van der Waals surface area contributed by atoms with E-state index in [9.17, 15) is 0 Å². The Morgan fingerprint density at radius 3 is 2.50 bits per heavy atom. The van der Waals surface area contributed by atoms with Crippen LogP contribution in [-0.2, 0) is 4.74 Å². The second-order valence-corrected chi connectivity index (χ2v) is 5.91. The van der Waals surface area contributed by atoms with Crippen molar-refractivity contribution in [3.05, 3.63) is 0 Å². The van der Waals surface area contributed by atoms with Gasteiger partial charge in [-0.15, -0.1) is 0 Å². The minimum atomic E-state index is 0.270. The molecular weight excluding hydrogens is 198 g/mol. The van der Waals surface area contributed by atoms with Crippen LogP contribution in [0.5, 0.6) is 0 Å². The van der Waals surface area contributed by atoms with Crippen LogP contribution in [0.1, 0.15) is 59.3 Å². The van der Waals surface area contributed by atoms with Crippen molar-refractivity contribution in [3.8, 4) is 0 Å². The van der Waals surface area contributed by atoms with Gasteiger partial charge in [0.25, 0.3) is 0 Å². The quantitative estimate of drug-likeness (QED) is 0.673. The normalized spacial score (nSPS) is 18.9. The molecule has 0 aromatic rings. The highest BCUT2D eigenvalue weighted by Gasteiger charge is 2.21. The Morgan fingerprint density at radius 2 is 1.88 bits per heavy atom. The summed E-state index contributed by atoms with van der Waals surface area (Å²) in [7, 11) is 0. The van der Waals surface area contributed by atoms with Crippen LogP contribution in [0.4, 0.5) is 0 Å². The summed E-state index contributed by atoms with van der Waals surface area (Å²) in [5, 5.41) is 3.48. The van der Waals surface area contributed by atoms with E-state index in [1.54, 1.807) is 0 Å². The van der Waals surface area contributed by atoms with Crippen molar-refractivity contribution in [1.82, 2.24) is 5.32 Å². The van der Waals surface area contributed by atoms with E-state index in [1.165, 1.54) is 38.5 Å². The summed E-state index contributed by atoms with van der Waals surface area (Å²) in [6.45, 7) is 9.87. The van der Waals surface area contributed by atoms with Gasteiger partial charge in [0, 0.05) is 12.0 Å². The van der Waals surface area contributed by atoms with Gasteiger partial charge in [0.05, 0.1) is 12.7 Å². The van der Waals surface area contributed by atoms with Crippen LogP contribution in [0.3, 0.4) is 0 Å². The molecule has 1 saturated carbocycles. The zero-order valence-corrected chi connectivity index (χ0v) is 11.3. The van der Waals surface area contributed by atoms with Gasteiger partial charge in [0.2, 0.25) is 0 Å². The molecular formula is C14H29NO. The fraction of sp³-hybridized carbons (Fsp3) is 1.00. The SMILES string of the molecule is CCCNCC(C)(C)COC1CCCCC1. The number of hydrogen-bond donors (Lipinski definition) is 1. The van der Waals surface area contributed by atoms with Crippen LogP contribution in [0.2, 0.25) is 0 Å². The van der Waals surface area contributed by atoms with Gasteiger partial charge in [0.1, 0.15) is 0 Å². The smallest absolute Gasteiger partial charge is 0.0575 e. The van der Waals surface area contributed by atoms with Crippen LogP contribution in [0.15, 0.2) is 0 Å². The third-order valence-electron chi connectivity index (χ3n) is 3.29. The maximum atomic E-state index is 6.04. The maximum absolute atomic E-state index is 6.04. The molecule has 2 nitrogen and oxygen atoms in total. The Bertz CT molecular complexity index is 174. The first kappa shape index (κ1) is 14.0. The molecule has 0 aliphatic heterocycles. The van der Waals surface area contributed by atoms with Gasteiger partial charge in [0.15, 0.2) is 0 Å². The van der Waals surface area contributed by atoms with E-state index < -0.39 is 0 Å². The van der Waals surface area contributed by atoms with Crippen molar-refractivity contribution in [3.63, 3.8) is 0 Å². The second kappa shape index (κ2) is 7.29. The van der Waals surface area contributed by atoms with Crippen LogP contribution < -0.4 is 5.32 Å². The summed E-state index contributed by atoms with van der Waals surface area (Å²) in [5.74, 6) is 0. The molecule has 0 saturated heterocycles. The molecule has 0 aromatic carbocycles. The lowest BCUT2D eigenvalue weighted by molar-refractivity contribution is -0.0143. The fourth-order valence-electron chi connectivity index (χ4n) is 2.23. The van der Waals surface area contributed by atoms with Crippen molar-refractivity contribution < 1.29 is 4.74 Å². The van der Waals surface area contributed by atoms with Crippen LogP contribution in [-0.4, -0.2) is 25.8 Å². The zero-order chi connectivity index (χ0) is 11.9. The number of rotatable bonds is 7. The van der Waals surface area contributed by atoms with Crippen molar-refractivity contribution in [2.24, 2.45) is 5.41 Å². The largest absolute Gasteiger partial charge is 0.378 e. The van der Waals surface area contributed by atoms with Crippen molar-refractivity contribution in [1.29, 1.82) is 0 Å². The summed E-state index contributed by atoms with van der Waals surface area (Å²) in [4.78, 5) is 0. The zero-order valence-electron chi connectivity index (χ0n) is 11.3. The van der Waals surface area contributed by atoms with E-state index in [0.717, 1.165) is 19.7 Å². The first-order valence-electron chi connectivity index (χ1n) is 6.96. The highest BCUT2D eigenvalue weighted by atomic mass is 16.5. The summed E-state index contributed by atoms with van der Waals surface area (Å²) in [6, 6.07) is 0. The molecule has 1 aliphatic carbocycles. The second-order valence-electron chi connectivity index (χ2n) is 5.91. The molecule has 0 unspecified atom stereocenters. The van der Waals surface area contributed by atoms with E-state index in [1.807, 2.05) is 0 Å². The maximum Gasteiger partial charge on any atom is 0.0575 e. The lowest BCUT2D eigenvalue weighted by Crippen LogP contribution is -2.35. The predicted molar refractivity (Wildman–Crippen MR) is 69.8 cm³/mol. The molecule has 16 heavy (non-hydrogen) atoms. The lowest BCUT2D eigenvalue weighted by atomic mass is 9.93. The van der Waals surface area contributed by atoms with Gasteiger partial charge in [-0.3, -0.25) is 0 Å². The lowest BCUT2D eigenvalue weighted by Gasteiger charge is -2.29. The Balaban J connectivity index is 2.13. The molecule has 0 bridgehead atoms. The molecule has 0 amide bonds. The molecule has 1 rings (SSSR count). The highest BCUT2D eigenvalue weighted by molar-refractivity contribution is 4.73. The van der Waals surface area contributed by atoms with Crippen LogP contribution in [0, 0.1) is 5.41 Å². The average molecular weight is 227 g/mol.